The first-order valence-electron chi connectivity index (χ1n) is 6.42. The van der Waals surface area contributed by atoms with Crippen molar-refractivity contribution in [3.8, 4) is 0 Å². The summed E-state index contributed by atoms with van der Waals surface area (Å²) in [6.45, 7) is 11.8. The van der Waals surface area contributed by atoms with E-state index in [1.54, 1.807) is 14.2 Å². The highest BCUT2D eigenvalue weighted by Crippen LogP contribution is 2.18. The lowest BCUT2D eigenvalue weighted by Crippen LogP contribution is -2.46. The molecule has 3 atom stereocenters. The molecule has 1 saturated heterocycles. The highest BCUT2D eigenvalue weighted by atomic mass is 16.5. The summed E-state index contributed by atoms with van der Waals surface area (Å²) in [5.41, 5.74) is 0.176. The van der Waals surface area contributed by atoms with Crippen LogP contribution in [0.1, 0.15) is 27.7 Å². The molecule has 0 aromatic rings. The van der Waals surface area contributed by atoms with Crippen molar-refractivity contribution in [1.82, 2.24) is 10.2 Å². The van der Waals surface area contributed by atoms with Crippen molar-refractivity contribution < 1.29 is 9.47 Å². The number of nitrogens with zero attached hydrogens (tertiary/aromatic N) is 1. The first-order valence-corrected chi connectivity index (χ1v) is 6.42. The van der Waals surface area contributed by atoms with Crippen molar-refractivity contribution in [2.45, 2.75) is 51.5 Å². The molecule has 17 heavy (non-hydrogen) atoms. The molecule has 0 spiro atoms. The van der Waals surface area contributed by atoms with E-state index >= 15 is 0 Å². The Morgan fingerprint density at radius 2 is 1.65 bits per heavy atom. The van der Waals surface area contributed by atoms with Gasteiger partial charge in [-0.2, -0.15) is 0 Å². The second-order valence-electron chi connectivity index (χ2n) is 5.98. The van der Waals surface area contributed by atoms with Crippen LogP contribution in [0.25, 0.3) is 0 Å². The molecule has 1 fully saturated rings. The zero-order chi connectivity index (χ0) is 13.1. The Bertz CT molecular complexity index is 216. The molecule has 0 amide bonds. The molecule has 1 heterocycles. The smallest absolute Gasteiger partial charge is 0.0971 e. The van der Waals surface area contributed by atoms with E-state index in [2.05, 4.69) is 37.9 Å². The molecular formula is C13H28N2O2. The fraction of sp³-hybridized carbons (Fsp3) is 1.00. The zero-order valence-electron chi connectivity index (χ0n) is 12.1. The van der Waals surface area contributed by atoms with E-state index in [1.807, 2.05) is 0 Å². The van der Waals surface area contributed by atoms with Crippen LogP contribution in [-0.4, -0.2) is 62.5 Å². The SMILES string of the molecule is COC1CN(C(C)CNC(C)(C)C)CC1OC. The Hall–Kier alpha value is -0.160. The van der Waals surface area contributed by atoms with Crippen LogP contribution in [0.5, 0.6) is 0 Å². The van der Waals surface area contributed by atoms with E-state index in [4.69, 9.17) is 9.47 Å². The topological polar surface area (TPSA) is 33.7 Å². The average molecular weight is 244 g/mol. The average Bonchev–Trinajstić information content (AvgIpc) is 2.67. The standard InChI is InChI=1S/C13H28N2O2/c1-10(7-14-13(2,3)4)15-8-11(16-5)12(9-15)17-6/h10-12,14H,7-9H2,1-6H3. The maximum atomic E-state index is 5.45. The van der Waals surface area contributed by atoms with Gasteiger partial charge in [-0.25, -0.2) is 0 Å². The number of methoxy groups -OCH3 is 2. The summed E-state index contributed by atoms with van der Waals surface area (Å²) in [7, 11) is 3.52. The second-order valence-corrected chi connectivity index (χ2v) is 5.98. The molecular weight excluding hydrogens is 216 g/mol. The third kappa shape index (κ3) is 4.54. The minimum atomic E-state index is 0.176. The summed E-state index contributed by atoms with van der Waals surface area (Å²) in [5.74, 6) is 0. The molecule has 102 valence electrons. The summed E-state index contributed by atoms with van der Waals surface area (Å²) in [6, 6.07) is 0.507. The van der Waals surface area contributed by atoms with Crippen LogP contribution < -0.4 is 5.32 Å². The van der Waals surface area contributed by atoms with Gasteiger partial charge in [0.15, 0.2) is 0 Å². The van der Waals surface area contributed by atoms with Crippen molar-refractivity contribution >= 4 is 0 Å². The van der Waals surface area contributed by atoms with E-state index in [-0.39, 0.29) is 17.7 Å². The highest BCUT2D eigenvalue weighted by molar-refractivity contribution is 4.89. The minimum Gasteiger partial charge on any atom is -0.377 e. The summed E-state index contributed by atoms with van der Waals surface area (Å²) < 4.78 is 10.9. The van der Waals surface area contributed by atoms with Crippen molar-refractivity contribution in [3.05, 3.63) is 0 Å². The molecule has 4 heteroatoms. The van der Waals surface area contributed by atoms with E-state index in [0.717, 1.165) is 19.6 Å². The molecule has 0 aliphatic carbocycles. The number of hydrogen-bond acceptors (Lipinski definition) is 4. The van der Waals surface area contributed by atoms with Gasteiger partial charge in [0.05, 0.1) is 12.2 Å². The van der Waals surface area contributed by atoms with Crippen molar-refractivity contribution in [2.75, 3.05) is 33.9 Å². The Labute approximate surface area is 106 Å². The minimum absolute atomic E-state index is 0.176. The van der Waals surface area contributed by atoms with E-state index in [9.17, 15) is 0 Å². The summed E-state index contributed by atoms with van der Waals surface area (Å²) in [4.78, 5) is 2.43. The van der Waals surface area contributed by atoms with Gasteiger partial charge >= 0.3 is 0 Å². The quantitative estimate of drug-likeness (QED) is 0.785. The van der Waals surface area contributed by atoms with Gasteiger partial charge in [0.2, 0.25) is 0 Å². The van der Waals surface area contributed by atoms with E-state index < -0.39 is 0 Å². The van der Waals surface area contributed by atoms with Crippen molar-refractivity contribution in [3.63, 3.8) is 0 Å². The summed E-state index contributed by atoms with van der Waals surface area (Å²) in [5, 5.41) is 3.54. The Morgan fingerprint density at radius 1 is 1.18 bits per heavy atom. The predicted molar refractivity (Wildman–Crippen MR) is 70.4 cm³/mol. The van der Waals surface area contributed by atoms with Crippen molar-refractivity contribution in [1.29, 1.82) is 0 Å². The first kappa shape index (κ1) is 14.9. The maximum Gasteiger partial charge on any atom is 0.0971 e. The largest absolute Gasteiger partial charge is 0.377 e. The molecule has 1 rings (SSSR count). The highest BCUT2D eigenvalue weighted by Gasteiger charge is 2.35. The second kappa shape index (κ2) is 6.14. The van der Waals surface area contributed by atoms with Gasteiger partial charge in [-0.05, 0) is 27.7 Å². The number of ether oxygens (including phenoxy) is 2. The molecule has 0 aromatic heterocycles. The normalized spacial score (nSPS) is 28.6. The van der Waals surface area contributed by atoms with E-state index in [1.165, 1.54) is 0 Å². The van der Waals surface area contributed by atoms with E-state index in [0.29, 0.717) is 6.04 Å². The monoisotopic (exact) mass is 244 g/mol. The fourth-order valence-corrected chi connectivity index (χ4v) is 2.17. The van der Waals surface area contributed by atoms with Crippen molar-refractivity contribution in [2.24, 2.45) is 0 Å². The molecule has 0 radical (unpaired) electrons. The summed E-state index contributed by atoms with van der Waals surface area (Å²) >= 11 is 0. The predicted octanol–water partition coefficient (Wildman–Crippen LogP) is 1.11. The number of nitrogens with one attached hydrogen (secondary N) is 1. The third-order valence-electron chi connectivity index (χ3n) is 3.40. The third-order valence-corrected chi connectivity index (χ3v) is 3.40. The lowest BCUT2D eigenvalue weighted by Gasteiger charge is -2.28. The van der Waals surface area contributed by atoms with Crippen LogP contribution in [0, 0.1) is 0 Å². The Balaban J connectivity index is 2.41. The summed E-state index contributed by atoms with van der Waals surface area (Å²) in [6.07, 6.45) is 0.411. The molecule has 0 aromatic carbocycles. The van der Waals surface area contributed by atoms with Crippen LogP contribution in [0.3, 0.4) is 0 Å². The Kier molecular flexibility index (Phi) is 5.38. The number of likely N-dealkylation sites (tertiary alicyclic amines) is 1. The first-order chi connectivity index (χ1) is 7.87. The number of hydrogen-bond donors (Lipinski definition) is 1. The van der Waals surface area contributed by atoms with Crippen LogP contribution in [-0.2, 0) is 9.47 Å². The molecule has 4 nitrogen and oxygen atoms in total. The lowest BCUT2D eigenvalue weighted by atomic mass is 10.1. The molecule has 1 N–H and O–H groups in total. The van der Waals surface area contributed by atoms with Gasteiger partial charge in [-0.3, -0.25) is 4.90 Å². The van der Waals surface area contributed by atoms with Gasteiger partial charge in [-0.1, -0.05) is 0 Å². The fourth-order valence-electron chi connectivity index (χ4n) is 2.17. The molecule has 0 saturated carbocycles. The van der Waals surface area contributed by atoms with Gasteiger partial charge in [0.25, 0.3) is 0 Å². The van der Waals surface area contributed by atoms with Gasteiger partial charge < -0.3 is 14.8 Å². The molecule has 1 aliphatic rings. The number of rotatable bonds is 5. The van der Waals surface area contributed by atoms with Crippen LogP contribution >= 0.6 is 0 Å². The van der Waals surface area contributed by atoms with Crippen LogP contribution in [0.15, 0.2) is 0 Å². The Morgan fingerprint density at radius 3 is 2.00 bits per heavy atom. The molecule has 0 bridgehead atoms. The van der Waals surface area contributed by atoms with Gasteiger partial charge in [0.1, 0.15) is 0 Å². The zero-order valence-corrected chi connectivity index (χ0v) is 12.1. The van der Waals surface area contributed by atoms with Crippen LogP contribution in [0.4, 0.5) is 0 Å². The molecule has 1 aliphatic heterocycles. The maximum absolute atomic E-state index is 5.45. The van der Waals surface area contributed by atoms with Crippen LogP contribution in [0.2, 0.25) is 0 Å². The molecule has 3 unspecified atom stereocenters. The van der Waals surface area contributed by atoms with Gasteiger partial charge in [0, 0.05) is 45.4 Å². The lowest BCUT2D eigenvalue weighted by molar-refractivity contribution is -0.00461. The van der Waals surface area contributed by atoms with Gasteiger partial charge in [-0.15, -0.1) is 0 Å².